The normalized spacial score (nSPS) is 35.0. The standard InChI is InChI=1S/C24H24N2O5S2/c1-9(2)17(23(29)30)26-21(27)15-11-8-12(16(15)22(26)28)18-14(11)13(10-6-4-3-5-7-10)19-20(32-18)25-24(31)33-19/h3-7,9,11-18H,8H2,1-2H3,(H,25,31)(H,29,30)/t11-,12-,13+,14-,15+,16-,17-,18+/m1/s1. The molecule has 2 aliphatic carbocycles. The van der Waals surface area contributed by atoms with Crippen LogP contribution in [0, 0.1) is 35.5 Å². The summed E-state index contributed by atoms with van der Waals surface area (Å²) in [6.07, 6.45) is 0.797. The maximum atomic E-state index is 13.6. The lowest BCUT2D eigenvalue weighted by molar-refractivity contribution is -0.157. The van der Waals surface area contributed by atoms with Gasteiger partial charge in [-0.15, -0.1) is 11.8 Å². The third-order valence-corrected chi connectivity index (χ3v) is 10.7. The van der Waals surface area contributed by atoms with Crippen LogP contribution in [-0.2, 0) is 14.4 Å². The van der Waals surface area contributed by atoms with E-state index in [-0.39, 0.29) is 51.5 Å². The number of carboxylic acids is 1. The minimum absolute atomic E-state index is 0.000761. The van der Waals surface area contributed by atoms with Gasteiger partial charge in [0.05, 0.1) is 16.9 Å². The summed E-state index contributed by atoms with van der Waals surface area (Å²) in [5.41, 5.74) is 1.12. The summed E-state index contributed by atoms with van der Waals surface area (Å²) in [5, 5.41) is 10.8. The van der Waals surface area contributed by atoms with Gasteiger partial charge in [0.2, 0.25) is 11.8 Å². The molecule has 2 bridgehead atoms. The largest absolute Gasteiger partial charge is 0.480 e. The highest BCUT2D eigenvalue weighted by atomic mass is 32.2. The molecule has 7 nitrogen and oxygen atoms in total. The van der Waals surface area contributed by atoms with Crippen molar-refractivity contribution in [3.05, 3.63) is 50.4 Å². The van der Waals surface area contributed by atoms with Crippen molar-refractivity contribution in [2.45, 2.75) is 42.5 Å². The second-order valence-electron chi connectivity index (χ2n) is 9.94. The van der Waals surface area contributed by atoms with Crippen LogP contribution in [0.4, 0.5) is 0 Å². The van der Waals surface area contributed by atoms with E-state index in [1.54, 1.807) is 25.6 Å². The Hall–Kier alpha value is -2.39. The fraction of sp³-hybridized carbons (Fsp3) is 0.500. The summed E-state index contributed by atoms with van der Waals surface area (Å²) in [7, 11) is 0. The lowest BCUT2D eigenvalue weighted by atomic mass is 9.68. The minimum Gasteiger partial charge on any atom is -0.480 e. The van der Waals surface area contributed by atoms with E-state index in [1.807, 2.05) is 18.2 Å². The number of carboxylic acid groups (broad SMARTS) is 1. The number of fused-ring (bicyclic) bond motifs is 9. The van der Waals surface area contributed by atoms with Crippen molar-refractivity contribution in [2.24, 2.45) is 35.5 Å². The van der Waals surface area contributed by atoms with Crippen LogP contribution in [0.25, 0.3) is 0 Å². The Morgan fingerprint density at radius 2 is 1.76 bits per heavy atom. The van der Waals surface area contributed by atoms with Gasteiger partial charge in [0.15, 0.2) is 0 Å². The zero-order valence-electron chi connectivity index (χ0n) is 18.1. The highest BCUT2D eigenvalue weighted by Crippen LogP contribution is 2.68. The number of aromatic amines is 1. The van der Waals surface area contributed by atoms with Crippen molar-refractivity contribution in [1.29, 1.82) is 0 Å². The van der Waals surface area contributed by atoms with E-state index in [4.69, 9.17) is 0 Å². The first-order chi connectivity index (χ1) is 15.8. The summed E-state index contributed by atoms with van der Waals surface area (Å²) >= 11 is 2.88. The fourth-order valence-corrected chi connectivity index (χ4v) is 9.93. The number of imide groups is 1. The van der Waals surface area contributed by atoms with Crippen molar-refractivity contribution < 1.29 is 19.5 Å². The third kappa shape index (κ3) is 2.81. The number of aliphatic carboxylic acids is 1. The molecule has 9 heteroatoms. The van der Waals surface area contributed by atoms with Gasteiger partial charge < -0.3 is 10.1 Å². The zero-order chi connectivity index (χ0) is 23.2. The highest BCUT2D eigenvalue weighted by Gasteiger charge is 2.70. The van der Waals surface area contributed by atoms with Crippen molar-refractivity contribution in [2.75, 3.05) is 0 Å². The number of hydrogen-bond acceptors (Lipinski definition) is 6. The van der Waals surface area contributed by atoms with Crippen molar-refractivity contribution in [1.82, 2.24) is 9.88 Å². The Morgan fingerprint density at radius 1 is 1.09 bits per heavy atom. The number of H-pyrrole nitrogens is 1. The molecule has 3 fully saturated rings. The Bertz CT molecular complexity index is 1220. The molecule has 0 unspecified atom stereocenters. The lowest BCUT2D eigenvalue weighted by Gasteiger charge is -2.43. The molecular formula is C24H24N2O5S2. The number of amides is 2. The number of hydrogen-bond donors (Lipinski definition) is 2. The molecule has 2 aromatic rings. The van der Waals surface area contributed by atoms with Crippen LogP contribution in [-0.4, -0.2) is 44.1 Å². The summed E-state index contributed by atoms with van der Waals surface area (Å²) in [5.74, 6) is -2.94. The topological polar surface area (TPSA) is 108 Å². The molecule has 1 aromatic carbocycles. The molecule has 8 atom stereocenters. The number of thioether (sulfide) groups is 1. The molecule has 0 spiro atoms. The molecule has 2 N–H and O–H groups in total. The highest BCUT2D eigenvalue weighted by molar-refractivity contribution is 8.00. The van der Waals surface area contributed by atoms with Crippen molar-refractivity contribution in [3.8, 4) is 0 Å². The van der Waals surface area contributed by atoms with E-state index in [0.717, 1.165) is 26.8 Å². The van der Waals surface area contributed by atoms with Gasteiger partial charge in [0, 0.05) is 16.0 Å². The van der Waals surface area contributed by atoms with E-state index in [9.17, 15) is 24.3 Å². The van der Waals surface area contributed by atoms with Gasteiger partial charge in [-0.2, -0.15) is 0 Å². The third-order valence-electron chi connectivity index (χ3n) is 8.08. The van der Waals surface area contributed by atoms with Crippen LogP contribution in [0.5, 0.6) is 0 Å². The number of likely N-dealkylation sites (tertiary alicyclic amines) is 1. The molecule has 1 saturated heterocycles. The monoisotopic (exact) mass is 484 g/mol. The minimum atomic E-state index is -1.13. The summed E-state index contributed by atoms with van der Waals surface area (Å²) < 4.78 is 0. The molecule has 33 heavy (non-hydrogen) atoms. The van der Waals surface area contributed by atoms with Crippen LogP contribution < -0.4 is 4.87 Å². The smallest absolute Gasteiger partial charge is 0.327 e. The van der Waals surface area contributed by atoms with Gasteiger partial charge in [-0.1, -0.05) is 55.5 Å². The van der Waals surface area contributed by atoms with Crippen LogP contribution in [0.2, 0.25) is 0 Å². The maximum absolute atomic E-state index is 13.6. The molecule has 6 rings (SSSR count). The van der Waals surface area contributed by atoms with Gasteiger partial charge in [0.25, 0.3) is 0 Å². The first-order valence-electron chi connectivity index (χ1n) is 11.3. The number of nitrogens with one attached hydrogen (secondary N) is 1. The molecule has 2 saturated carbocycles. The van der Waals surface area contributed by atoms with Gasteiger partial charge in [-0.05, 0) is 35.7 Å². The predicted molar refractivity (Wildman–Crippen MR) is 123 cm³/mol. The quantitative estimate of drug-likeness (QED) is 0.646. The number of aromatic nitrogens is 1. The molecule has 172 valence electrons. The summed E-state index contributed by atoms with van der Waals surface area (Å²) in [6.45, 7) is 3.47. The van der Waals surface area contributed by atoms with E-state index < -0.39 is 23.8 Å². The molecule has 4 aliphatic rings. The number of rotatable bonds is 4. The average molecular weight is 485 g/mol. The molecule has 3 heterocycles. The number of thiazole rings is 1. The van der Waals surface area contributed by atoms with E-state index in [0.29, 0.717) is 0 Å². The summed E-state index contributed by atoms with van der Waals surface area (Å²) in [6, 6.07) is 8.95. The Morgan fingerprint density at radius 3 is 2.39 bits per heavy atom. The molecule has 2 amide bonds. The maximum Gasteiger partial charge on any atom is 0.327 e. The second-order valence-corrected chi connectivity index (χ2v) is 12.1. The van der Waals surface area contributed by atoms with Crippen LogP contribution in [0.3, 0.4) is 0 Å². The van der Waals surface area contributed by atoms with Gasteiger partial charge in [0.1, 0.15) is 6.04 Å². The number of nitrogens with zero attached hydrogens (tertiary/aromatic N) is 1. The first kappa shape index (κ1) is 21.2. The Balaban J connectivity index is 1.44. The van der Waals surface area contributed by atoms with Crippen LogP contribution in [0.1, 0.15) is 36.6 Å². The Labute approximate surface area is 198 Å². The molecule has 1 aromatic heterocycles. The van der Waals surface area contributed by atoms with E-state index >= 15 is 0 Å². The van der Waals surface area contributed by atoms with E-state index in [1.165, 1.54) is 11.3 Å². The van der Waals surface area contributed by atoms with E-state index in [2.05, 4.69) is 17.1 Å². The number of carbonyl (C=O) groups excluding carboxylic acids is 2. The number of benzene rings is 1. The Kier molecular flexibility index (Phi) is 4.68. The van der Waals surface area contributed by atoms with Gasteiger partial charge in [-0.3, -0.25) is 19.3 Å². The SMILES string of the molecule is CC(C)[C@H](C(=O)O)N1C(=O)[C@@H]2[C@H]3C[C@@H]([C@@H]2C1=O)[C@@H]1[C@H](c2ccccc2)c2sc(=O)[nH]c2S[C@@H]31. The molecule has 2 aliphatic heterocycles. The second kappa shape index (κ2) is 7.30. The van der Waals surface area contributed by atoms with Gasteiger partial charge in [-0.25, -0.2) is 4.79 Å². The molecule has 0 radical (unpaired) electrons. The zero-order valence-corrected chi connectivity index (χ0v) is 19.8. The number of carbonyl (C=O) groups is 3. The average Bonchev–Trinajstić information content (AvgIpc) is 3.49. The van der Waals surface area contributed by atoms with Crippen LogP contribution in [0.15, 0.2) is 40.2 Å². The fourth-order valence-electron chi connectivity index (χ4n) is 7.04. The van der Waals surface area contributed by atoms with Crippen LogP contribution >= 0.6 is 23.1 Å². The summed E-state index contributed by atoms with van der Waals surface area (Å²) in [4.78, 5) is 56.3. The van der Waals surface area contributed by atoms with Gasteiger partial charge >= 0.3 is 10.8 Å². The predicted octanol–water partition coefficient (Wildman–Crippen LogP) is 3.02. The first-order valence-corrected chi connectivity index (χ1v) is 13.0. The van der Waals surface area contributed by atoms with Crippen molar-refractivity contribution in [3.63, 3.8) is 0 Å². The lowest BCUT2D eigenvalue weighted by Crippen LogP contribution is -2.49. The van der Waals surface area contributed by atoms with Crippen molar-refractivity contribution >= 4 is 40.9 Å². The molecular weight excluding hydrogens is 460 g/mol.